The second-order valence-electron chi connectivity index (χ2n) is 4.03. The molecule has 0 atom stereocenters. The van der Waals surface area contributed by atoms with Crippen molar-refractivity contribution in [2.75, 3.05) is 11.8 Å². The molecule has 0 heterocycles. The second-order valence-corrected chi connectivity index (χ2v) is 7.45. The molecule has 2 aromatic carbocycles. The molecule has 0 aliphatic carbocycles. The van der Waals surface area contributed by atoms with Gasteiger partial charge < -0.3 is 4.74 Å². The summed E-state index contributed by atoms with van der Waals surface area (Å²) in [5.74, 6) is -0.604. The number of methoxy groups -OCH3 is 1. The minimum atomic E-state index is -3.84. The average molecular weight is 439 g/mol. The maximum absolute atomic E-state index is 13.6. The molecule has 0 unspecified atom stereocenters. The zero-order valence-electron chi connectivity index (χ0n) is 10.7. The largest absolute Gasteiger partial charge is 0.494 e. The summed E-state index contributed by atoms with van der Waals surface area (Å²) in [6.45, 7) is 0. The van der Waals surface area contributed by atoms with Gasteiger partial charge in [-0.1, -0.05) is 15.9 Å². The van der Waals surface area contributed by atoms with Crippen molar-refractivity contribution >= 4 is 47.6 Å². The number of hydrogen-bond donors (Lipinski definition) is 1. The molecule has 0 aliphatic rings. The summed E-state index contributed by atoms with van der Waals surface area (Å²) in [5.41, 5.74) is 0.111. The van der Waals surface area contributed by atoms with Gasteiger partial charge in [-0.2, -0.15) is 0 Å². The topological polar surface area (TPSA) is 55.4 Å². The third-order valence-electron chi connectivity index (χ3n) is 2.59. The van der Waals surface area contributed by atoms with Crippen molar-refractivity contribution in [1.82, 2.24) is 0 Å². The van der Waals surface area contributed by atoms with Crippen molar-refractivity contribution in [2.45, 2.75) is 4.90 Å². The third kappa shape index (κ3) is 3.75. The van der Waals surface area contributed by atoms with Crippen LogP contribution < -0.4 is 9.46 Å². The van der Waals surface area contributed by atoms with Crippen LogP contribution in [0.1, 0.15) is 0 Å². The van der Waals surface area contributed by atoms with Gasteiger partial charge in [0.2, 0.25) is 0 Å². The molecule has 0 saturated carbocycles. The predicted molar refractivity (Wildman–Crippen MR) is 85.6 cm³/mol. The van der Waals surface area contributed by atoms with Crippen LogP contribution in [0.15, 0.2) is 50.2 Å². The Kier molecular flexibility index (Phi) is 4.90. The zero-order chi connectivity index (χ0) is 15.6. The lowest BCUT2D eigenvalue weighted by atomic mass is 10.3. The summed E-state index contributed by atoms with van der Waals surface area (Å²) in [5, 5.41) is 0. The van der Waals surface area contributed by atoms with E-state index in [-0.39, 0.29) is 16.3 Å². The number of hydrogen-bond acceptors (Lipinski definition) is 3. The number of sulfonamides is 1. The third-order valence-corrected chi connectivity index (χ3v) is 5.46. The van der Waals surface area contributed by atoms with Crippen LogP contribution in [0.4, 0.5) is 10.1 Å². The Hall–Kier alpha value is -1.12. The molecule has 21 heavy (non-hydrogen) atoms. The zero-order valence-corrected chi connectivity index (χ0v) is 14.7. The van der Waals surface area contributed by atoms with Crippen LogP contribution in [-0.4, -0.2) is 15.5 Å². The van der Waals surface area contributed by atoms with Crippen LogP contribution in [0, 0.1) is 5.82 Å². The van der Waals surface area contributed by atoms with Gasteiger partial charge in [0.1, 0.15) is 4.90 Å². The lowest BCUT2D eigenvalue weighted by molar-refractivity contribution is 0.386. The van der Waals surface area contributed by atoms with Crippen molar-refractivity contribution in [1.29, 1.82) is 0 Å². The summed E-state index contributed by atoms with van der Waals surface area (Å²) in [6, 6.07) is 8.59. The monoisotopic (exact) mass is 437 g/mol. The van der Waals surface area contributed by atoms with Crippen molar-refractivity contribution < 1.29 is 17.5 Å². The fourth-order valence-corrected chi connectivity index (χ4v) is 4.18. The van der Waals surface area contributed by atoms with Crippen molar-refractivity contribution in [3.63, 3.8) is 0 Å². The highest BCUT2D eigenvalue weighted by molar-refractivity contribution is 9.11. The Morgan fingerprint density at radius 1 is 1.14 bits per heavy atom. The maximum Gasteiger partial charge on any atom is 0.263 e. The summed E-state index contributed by atoms with van der Waals surface area (Å²) < 4.78 is 46.4. The molecule has 0 aromatic heterocycles. The summed E-state index contributed by atoms with van der Waals surface area (Å²) in [6.07, 6.45) is 0. The van der Waals surface area contributed by atoms with E-state index in [1.165, 1.54) is 25.3 Å². The van der Waals surface area contributed by atoms with Gasteiger partial charge in [0.25, 0.3) is 10.0 Å². The summed E-state index contributed by atoms with van der Waals surface area (Å²) in [7, 11) is -2.50. The van der Waals surface area contributed by atoms with Crippen LogP contribution in [-0.2, 0) is 10.0 Å². The van der Waals surface area contributed by atoms with Crippen molar-refractivity contribution in [3.05, 3.63) is 51.2 Å². The van der Waals surface area contributed by atoms with Crippen LogP contribution in [0.3, 0.4) is 0 Å². The van der Waals surface area contributed by atoms with Crippen molar-refractivity contribution in [2.24, 2.45) is 0 Å². The lowest BCUT2D eigenvalue weighted by Crippen LogP contribution is -2.13. The molecule has 0 fully saturated rings. The Labute approximate surface area is 138 Å². The van der Waals surface area contributed by atoms with Crippen LogP contribution in [0.5, 0.6) is 5.75 Å². The number of nitrogens with one attached hydrogen (secondary N) is 1. The molecule has 0 saturated heterocycles. The summed E-state index contributed by atoms with van der Waals surface area (Å²) >= 11 is 6.40. The smallest absolute Gasteiger partial charge is 0.263 e. The quantitative estimate of drug-likeness (QED) is 0.779. The molecule has 2 rings (SSSR count). The number of halogens is 3. The first-order valence-corrected chi connectivity index (χ1v) is 8.72. The molecule has 1 N–H and O–H groups in total. The molecular weight excluding hydrogens is 429 g/mol. The maximum atomic E-state index is 13.6. The first-order chi connectivity index (χ1) is 9.83. The Bertz CT molecular complexity index is 781. The Morgan fingerprint density at radius 2 is 1.86 bits per heavy atom. The standard InChI is InChI=1S/C13H10Br2FNO3S/c1-20-12-5-3-9(7-11(12)16)17-21(18,19)13-6-8(14)2-4-10(13)15/h2-7,17H,1H3. The van der Waals surface area contributed by atoms with Crippen LogP contribution in [0.2, 0.25) is 0 Å². The SMILES string of the molecule is COc1ccc(NS(=O)(=O)c2cc(Br)ccc2Br)cc1F. The molecular formula is C13H10Br2FNO3S. The molecule has 0 spiro atoms. The Morgan fingerprint density at radius 3 is 2.48 bits per heavy atom. The number of anilines is 1. The fourth-order valence-electron chi connectivity index (χ4n) is 1.62. The van der Waals surface area contributed by atoms with Gasteiger partial charge in [0.15, 0.2) is 11.6 Å². The highest BCUT2D eigenvalue weighted by Crippen LogP contribution is 2.28. The normalized spacial score (nSPS) is 11.2. The van der Waals surface area contributed by atoms with E-state index in [0.29, 0.717) is 8.95 Å². The predicted octanol–water partition coefficient (Wildman–Crippen LogP) is 4.16. The fraction of sp³-hybridized carbons (Fsp3) is 0.0769. The van der Waals surface area contributed by atoms with Gasteiger partial charge >= 0.3 is 0 Å². The van der Waals surface area contributed by atoms with Crippen LogP contribution in [0.25, 0.3) is 0 Å². The lowest BCUT2D eigenvalue weighted by Gasteiger charge is -2.11. The van der Waals surface area contributed by atoms with E-state index in [0.717, 1.165) is 6.07 Å². The molecule has 8 heteroatoms. The van der Waals surface area contributed by atoms with Gasteiger partial charge in [-0.05, 0) is 46.3 Å². The minimum Gasteiger partial charge on any atom is -0.494 e. The van der Waals surface area contributed by atoms with E-state index >= 15 is 0 Å². The number of rotatable bonds is 4. The molecule has 4 nitrogen and oxygen atoms in total. The van der Waals surface area contributed by atoms with Gasteiger partial charge in [0.05, 0.1) is 12.8 Å². The molecule has 0 bridgehead atoms. The van der Waals surface area contributed by atoms with E-state index in [9.17, 15) is 12.8 Å². The van der Waals surface area contributed by atoms with E-state index in [1.54, 1.807) is 12.1 Å². The van der Waals surface area contributed by atoms with Gasteiger partial charge in [-0.3, -0.25) is 4.72 Å². The average Bonchev–Trinajstić information content (AvgIpc) is 2.41. The highest BCUT2D eigenvalue weighted by Gasteiger charge is 2.19. The Balaban J connectivity index is 2.37. The number of benzene rings is 2. The second kappa shape index (κ2) is 6.33. The molecule has 0 aliphatic heterocycles. The van der Waals surface area contributed by atoms with E-state index in [2.05, 4.69) is 36.6 Å². The highest BCUT2D eigenvalue weighted by atomic mass is 79.9. The molecule has 0 amide bonds. The van der Waals surface area contributed by atoms with Crippen LogP contribution >= 0.6 is 31.9 Å². The molecule has 112 valence electrons. The van der Waals surface area contributed by atoms with Gasteiger partial charge in [0, 0.05) is 15.0 Å². The van der Waals surface area contributed by atoms with Crippen molar-refractivity contribution in [3.8, 4) is 5.75 Å². The first kappa shape index (κ1) is 16.3. The molecule has 0 radical (unpaired) electrons. The minimum absolute atomic E-state index is 0.0431. The van der Waals surface area contributed by atoms with Gasteiger partial charge in [-0.25, -0.2) is 12.8 Å². The van der Waals surface area contributed by atoms with E-state index in [1.807, 2.05) is 0 Å². The first-order valence-electron chi connectivity index (χ1n) is 5.65. The van der Waals surface area contributed by atoms with E-state index < -0.39 is 15.8 Å². The summed E-state index contributed by atoms with van der Waals surface area (Å²) in [4.78, 5) is 0.0492. The number of ether oxygens (including phenoxy) is 1. The molecule has 2 aromatic rings. The van der Waals surface area contributed by atoms with Gasteiger partial charge in [-0.15, -0.1) is 0 Å². The van der Waals surface area contributed by atoms with E-state index in [4.69, 9.17) is 4.74 Å².